The second-order valence-corrected chi connectivity index (χ2v) is 3.20. The highest BCUT2D eigenvalue weighted by molar-refractivity contribution is 5.63. The molecule has 2 rings (SSSR count). The van der Waals surface area contributed by atoms with Crippen LogP contribution in [0, 0.1) is 12.7 Å². The molecule has 0 amide bonds. The van der Waals surface area contributed by atoms with Gasteiger partial charge in [0.2, 0.25) is 0 Å². The third-order valence-corrected chi connectivity index (χ3v) is 2.13. The minimum atomic E-state index is -0.206. The number of halogens is 1. The van der Waals surface area contributed by atoms with Crippen LogP contribution in [0.25, 0.3) is 11.1 Å². The van der Waals surface area contributed by atoms with E-state index in [0.717, 1.165) is 16.7 Å². The molecule has 1 heteroatoms. The lowest BCUT2D eigenvalue weighted by Crippen LogP contribution is -1.79. The summed E-state index contributed by atoms with van der Waals surface area (Å²) < 4.78 is 12.7. The zero-order valence-corrected chi connectivity index (χ0v) is 7.70. The van der Waals surface area contributed by atoms with Gasteiger partial charge >= 0.3 is 0 Å². The molecule has 0 N–H and O–H groups in total. The first-order chi connectivity index (χ1) is 6.75. The molecule has 0 radical (unpaired) electrons. The van der Waals surface area contributed by atoms with Crippen LogP contribution in [0.2, 0.25) is 0 Å². The van der Waals surface area contributed by atoms with E-state index in [-0.39, 0.29) is 5.82 Å². The highest BCUT2D eigenvalue weighted by Crippen LogP contribution is 2.19. The fraction of sp³-hybridized carbons (Fsp3) is 0. The van der Waals surface area contributed by atoms with Crippen molar-refractivity contribution in [3.63, 3.8) is 0 Å². The van der Waals surface area contributed by atoms with E-state index in [0.29, 0.717) is 0 Å². The molecule has 0 aliphatic carbocycles. The van der Waals surface area contributed by atoms with Gasteiger partial charge in [-0.3, -0.25) is 0 Å². The molecule has 2 aromatic rings. The van der Waals surface area contributed by atoms with E-state index in [1.54, 1.807) is 12.1 Å². The third-order valence-electron chi connectivity index (χ3n) is 2.13. The number of hydrogen-bond donors (Lipinski definition) is 0. The van der Waals surface area contributed by atoms with Crippen LogP contribution in [0.15, 0.2) is 48.5 Å². The molecule has 0 nitrogen and oxygen atoms in total. The van der Waals surface area contributed by atoms with Crippen LogP contribution in [-0.4, -0.2) is 0 Å². The fourth-order valence-electron chi connectivity index (χ4n) is 1.34. The molecular formula is C13H10F+. The summed E-state index contributed by atoms with van der Waals surface area (Å²) in [6.45, 7) is 3.81. The van der Waals surface area contributed by atoms with Gasteiger partial charge in [0, 0.05) is 36.8 Å². The summed E-state index contributed by atoms with van der Waals surface area (Å²) in [5, 5.41) is 0. The van der Waals surface area contributed by atoms with Crippen LogP contribution in [-0.2, 0) is 0 Å². The summed E-state index contributed by atoms with van der Waals surface area (Å²) >= 11 is 0. The number of rotatable bonds is 1. The second kappa shape index (κ2) is 3.54. The molecule has 0 spiro atoms. The molecule has 0 aliphatic rings. The molecule has 2 aromatic carbocycles. The Bertz CT molecular complexity index is 368. The van der Waals surface area contributed by atoms with Crippen molar-refractivity contribution in [3.8, 4) is 11.1 Å². The Morgan fingerprint density at radius 3 is 1.64 bits per heavy atom. The topological polar surface area (TPSA) is 0 Å². The Hall–Kier alpha value is -1.76. The minimum Gasteiger partial charge on any atom is -0.207 e. The van der Waals surface area contributed by atoms with Gasteiger partial charge in [-0.15, -0.1) is 0 Å². The average molecular weight is 185 g/mol. The average Bonchev–Trinajstić information content (AvgIpc) is 2.21. The van der Waals surface area contributed by atoms with E-state index >= 15 is 0 Å². The fourth-order valence-corrected chi connectivity index (χ4v) is 1.34. The van der Waals surface area contributed by atoms with Gasteiger partial charge in [0.25, 0.3) is 0 Å². The minimum absolute atomic E-state index is 0.206. The third kappa shape index (κ3) is 1.77. The van der Waals surface area contributed by atoms with Gasteiger partial charge in [-0.25, -0.2) is 4.39 Å². The monoisotopic (exact) mass is 185 g/mol. The Kier molecular flexibility index (Phi) is 2.23. The second-order valence-electron chi connectivity index (χ2n) is 3.20. The Morgan fingerprint density at radius 1 is 0.714 bits per heavy atom. The van der Waals surface area contributed by atoms with Gasteiger partial charge in [0.15, 0.2) is 0 Å². The maximum atomic E-state index is 12.7. The van der Waals surface area contributed by atoms with Gasteiger partial charge in [-0.05, 0) is 17.7 Å². The van der Waals surface area contributed by atoms with Crippen molar-refractivity contribution >= 4 is 0 Å². The zero-order chi connectivity index (χ0) is 9.97. The molecule has 68 valence electrons. The first-order valence-corrected chi connectivity index (χ1v) is 4.44. The van der Waals surface area contributed by atoms with Gasteiger partial charge in [0.05, 0.1) is 0 Å². The van der Waals surface area contributed by atoms with Crippen LogP contribution < -0.4 is 0 Å². The van der Waals surface area contributed by atoms with Gasteiger partial charge in [-0.2, -0.15) is 0 Å². The SMILES string of the molecule is [CH2+]c1ccc(-c2ccc(F)cc2)cc1. The highest BCUT2D eigenvalue weighted by Gasteiger charge is 2.00. The molecule has 0 fully saturated rings. The van der Waals surface area contributed by atoms with Crippen LogP contribution in [0.3, 0.4) is 0 Å². The standard InChI is InChI=1S/C13H10F/c1-10-2-4-11(5-3-10)12-6-8-13(14)9-7-12/h2-9H,1H2/q+1. The van der Waals surface area contributed by atoms with E-state index in [1.807, 2.05) is 24.3 Å². The van der Waals surface area contributed by atoms with Crippen molar-refractivity contribution in [2.45, 2.75) is 0 Å². The van der Waals surface area contributed by atoms with Gasteiger partial charge < -0.3 is 0 Å². The summed E-state index contributed by atoms with van der Waals surface area (Å²) in [4.78, 5) is 0. The smallest absolute Gasteiger partial charge is 0.126 e. The predicted molar refractivity (Wildman–Crippen MR) is 56.3 cm³/mol. The van der Waals surface area contributed by atoms with Crippen molar-refractivity contribution in [1.29, 1.82) is 0 Å². The van der Waals surface area contributed by atoms with E-state index in [1.165, 1.54) is 12.1 Å². The summed E-state index contributed by atoms with van der Waals surface area (Å²) in [7, 11) is 0. The van der Waals surface area contributed by atoms with Crippen LogP contribution in [0.1, 0.15) is 5.56 Å². The van der Waals surface area contributed by atoms with Crippen molar-refractivity contribution in [2.75, 3.05) is 0 Å². The summed E-state index contributed by atoms with van der Waals surface area (Å²) in [5.74, 6) is -0.206. The zero-order valence-electron chi connectivity index (χ0n) is 7.70. The highest BCUT2D eigenvalue weighted by atomic mass is 19.1. The molecule has 14 heavy (non-hydrogen) atoms. The molecule has 0 aliphatic heterocycles. The lowest BCUT2D eigenvalue weighted by atomic mass is 10.0. The first-order valence-electron chi connectivity index (χ1n) is 4.44. The maximum absolute atomic E-state index is 12.7. The molecule has 0 saturated heterocycles. The van der Waals surface area contributed by atoms with Crippen LogP contribution in [0.4, 0.5) is 4.39 Å². The maximum Gasteiger partial charge on any atom is 0.126 e. The lowest BCUT2D eigenvalue weighted by Gasteiger charge is -1.98. The summed E-state index contributed by atoms with van der Waals surface area (Å²) in [6, 6.07) is 14.3. The van der Waals surface area contributed by atoms with Crippen molar-refractivity contribution in [2.24, 2.45) is 0 Å². The van der Waals surface area contributed by atoms with Crippen molar-refractivity contribution < 1.29 is 4.39 Å². The molecule has 0 heterocycles. The summed E-state index contributed by atoms with van der Waals surface area (Å²) in [5.41, 5.74) is 3.08. The van der Waals surface area contributed by atoms with Crippen molar-refractivity contribution in [3.05, 3.63) is 66.8 Å². The Labute approximate surface area is 83.0 Å². The van der Waals surface area contributed by atoms with E-state index < -0.39 is 0 Å². The lowest BCUT2D eigenvalue weighted by molar-refractivity contribution is 0.628. The van der Waals surface area contributed by atoms with Gasteiger partial charge in [-0.1, -0.05) is 12.1 Å². The Balaban J connectivity index is 2.40. The molecule has 0 unspecified atom stereocenters. The van der Waals surface area contributed by atoms with Gasteiger partial charge in [0.1, 0.15) is 11.4 Å². The normalized spacial score (nSPS) is 10.1. The van der Waals surface area contributed by atoms with E-state index in [9.17, 15) is 4.39 Å². The molecule has 0 saturated carbocycles. The molecular weight excluding hydrogens is 175 g/mol. The molecule has 0 aromatic heterocycles. The van der Waals surface area contributed by atoms with Crippen LogP contribution >= 0.6 is 0 Å². The van der Waals surface area contributed by atoms with Crippen LogP contribution in [0.5, 0.6) is 0 Å². The summed E-state index contributed by atoms with van der Waals surface area (Å²) in [6.07, 6.45) is 0. The van der Waals surface area contributed by atoms with Crippen molar-refractivity contribution in [1.82, 2.24) is 0 Å². The van der Waals surface area contributed by atoms with E-state index in [4.69, 9.17) is 0 Å². The largest absolute Gasteiger partial charge is 0.207 e. The quantitative estimate of drug-likeness (QED) is 0.594. The number of hydrogen-bond acceptors (Lipinski definition) is 0. The number of benzene rings is 2. The Morgan fingerprint density at radius 2 is 1.14 bits per heavy atom. The predicted octanol–water partition coefficient (Wildman–Crippen LogP) is 3.67. The first kappa shape index (κ1) is 8.82. The molecule has 0 atom stereocenters. The van der Waals surface area contributed by atoms with E-state index in [2.05, 4.69) is 6.92 Å². The molecule has 0 bridgehead atoms.